The van der Waals surface area contributed by atoms with E-state index < -0.39 is 6.61 Å². The van der Waals surface area contributed by atoms with Crippen molar-refractivity contribution in [2.75, 3.05) is 6.61 Å². The molecule has 0 radical (unpaired) electrons. The molecule has 20 heavy (non-hydrogen) atoms. The molecule has 1 aromatic carbocycles. The minimum atomic E-state index is -2.84. The number of pyridine rings is 1. The molecule has 0 saturated heterocycles. The van der Waals surface area contributed by atoms with Gasteiger partial charge in [-0.3, -0.25) is 0 Å². The summed E-state index contributed by atoms with van der Waals surface area (Å²) < 4.78 is 34.4. The lowest BCUT2D eigenvalue weighted by molar-refractivity contribution is -0.0498. The molecule has 2 aromatic rings. The number of rotatable bonds is 5. The standard InChI is InChI=1S/C15H15F2NO2/c1-3-19-14-13(7-10(2)9-18-14)11-5-4-6-12(8-11)20-15(16)17/h4-9,15H,3H2,1-2H3. The normalized spacial score (nSPS) is 10.7. The van der Waals surface area contributed by atoms with E-state index in [1.165, 1.54) is 6.07 Å². The van der Waals surface area contributed by atoms with Gasteiger partial charge in [0.15, 0.2) is 0 Å². The molecule has 1 aromatic heterocycles. The third-order valence-electron chi connectivity index (χ3n) is 2.64. The number of halogens is 2. The molecule has 5 heteroatoms. The van der Waals surface area contributed by atoms with Gasteiger partial charge in [0.1, 0.15) is 5.75 Å². The first-order valence-electron chi connectivity index (χ1n) is 6.25. The number of alkyl halides is 2. The highest BCUT2D eigenvalue weighted by Gasteiger charge is 2.10. The lowest BCUT2D eigenvalue weighted by Crippen LogP contribution is -2.02. The molecular formula is C15H15F2NO2. The van der Waals surface area contributed by atoms with Crippen molar-refractivity contribution in [3.63, 3.8) is 0 Å². The molecule has 0 aliphatic carbocycles. The van der Waals surface area contributed by atoms with Crippen LogP contribution in [0.2, 0.25) is 0 Å². The topological polar surface area (TPSA) is 31.4 Å². The van der Waals surface area contributed by atoms with E-state index in [1.807, 2.05) is 19.9 Å². The summed E-state index contributed by atoms with van der Waals surface area (Å²) >= 11 is 0. The van der Waals surface area contributed by atoms with Crippen molar-refractivity contribution >= 4 is 0 Å². The Morgan fingerprint density at radius 2 is 2.05 bits per heavy atom. The third kappa shape index (κ3) is 3.44. The zero-order valence-corrected chi connectivity index (χ0v) is 11.3. The van der Waals surface area contributed by atoms with Crippen LogP contribution in [0.1, 0.15) is 12.5 Å². The predicted octanol–water partition coefficient (Wildman–Crippen LogP) is 4.06. The van der Waals surface area contributed by atoms with Gasteiger partial charge in [-0.1, -0.05) is 12.1 Å². The number of hydrogen-bond acceptors (Lipinski definition) is 3. The molecule has 106 valence electrons. The average Bonchev–Trinajstić information content (AvgIpc) is 2.40. The SMILES string of the molecule is CCOc1ncc(C)cc1-c1cccc(OC(F)F)c1. The van der Waals surface area contributed by atoms with Crippen molar-refractivity contribution in [1.82, 2.24) is 4.98 Å². The Labute approximate surface area is 116 Å². The van der Waals surface area contributed by atoms with E-state index in [4.69, 9.17) is 4.74 Å². The van der Waals surface area contributed by atoms with E-state index in [1.54, 1.807) is 24.4 Å². The molecule has 0 atom stereocenters. The number of hydrogen-bond donors (Lipinski definition) is 0. The monoisotopic (exact) mass is 279 g/mol. The third-order valence-corrected chi connectivity index (χ3v) is 2.64. The summed E-state index contributed by atoms with van der Waals surface area (Å²) in [7, 11) is 0. The van der Waals surface area contributed by atoms with Crippen molar-refractivity contribution in [3.8, 4) is 22.8 Å². The number of nitrogens with zero attached hydrogens (tertiary/aromatic N) is 1. The van der Waals surface area contributed by atoms with E-state index in [9.17, 15) is 8.78 Å². The number of aromatic nitrogens is 1. The maximum absolute atomic E-state index is 12.3. The maximum atomic E-state index is 12.3. The van der Waals surface area contributed by atoms with Gasteiger partial charge in [0.25, 0.3) is 0 Å². The highest BCUT2D eigenvalue weighted by molar-refractivity contribution is 5.70. The second kappa shape index (κ2) is 6.32. The minimum absolute atomic E-state index is 0.112. The molecule has 0 saturated carbocycles. The smallest absolute Gasteiger partial charge is 0.387 e. The van der Waals surface area contributed by atoms with Gasteiger partial charge >= 0.3 is 6.61 Å². The molecule has 0 unspecified atom stereocenters. The summed E-state index contributed by atoms with van der Waals surface area (Å²) in [5.74, 6) is 0.591. The van der Waals surface area contributed by atoms with Gasteiger partial charge in [0.05, 0.1) is 6.61 Å². The van der Waals surface area contributed by atoms with Crippen LogP contribution in [-0.4, -0.2) is 18.2 Å². The van der Waals surface area contributed by atoms with Gasteiger partial charge in [-0.2, -0.15) is 8.78 Å². The lowest BCUT2D eigenvalue weighted by Gasteiger charge is -2.11. The van der Waals surface area contributed by atoms with Crippen LogP contribution in [-0.2, 0) is 0 Å². The maximum Gasteiger partial charge on any atom is 0.387 e. The predicted molar refractivity (Wildman–Crippen MR) is 72.2 cm³/mol. The first kappa shape index (κ1) is 14.2. The zero-order valence-electron chi connectivity index (χ0n) is 11.3. The molecule has 3 nitrogen and oxygen atoms in total. The van der Waals surface area contributed by atoms with Crippen molar-refractivity contribution in [1.29, 1.82) is 0 Å². The van der Waals surface area contributed by atoms with Crippen LogP contribution in [0.4, 0.5) is 8.78 Å². The summed E-state index contributed by atoms with van der Waals surface area (Å²) in [5.41, 5.74) is 2.44. The largest absolute Gasteiger partial charge is 0.478 e. The fourth-order valence-electron chi connectivity index (χ4n) is 1.86. The molecular weight excluding hydrogens is 264 g/mol. The Morgan fingerprint density at radius 1 is 1.25 bits per heavy atom. The molecule has 0 bridgehead atoms. The second-order valence-electron chi connectivity index (χ2n) is 4.20. The Balaban J connectivity index is 2.42. The molecule has 0 aliphatic heterocycles. The van der Waals surface area contributed by atoms with Crippen molar-refractivity contribution in [3.05, 3.63) is 42.1 Å². The first-order valence-corrected chi connectivity index (χ1v) is 6.25. The van der Waals surface area contributed by atoms with Gasteiger partial charge in [0, 0.05) is 11.8 Å². The fraction of sp³-hybridized carbons (Fsp3) is 0.267. The quantitative estimate of drug-likeness (QED) is 0.827. The van der Waals surface area contributed by atoms with Crippen LogP contribution in [0.3, 0.4) is 0 Å². The zero-order chi connectivity index (χ0) is 14.5. The summed E-state index contributed by atoms with van der Waals surface area (Å²) in [6.45, 7) is 1.41. The summed E-state index contributed by atoms with van der Waals surface area (Å²) in [6, 6.07) is 8.40. The van der Waals surface area contributed by atoms with Crippen LogP contribution in [0.15, 0.2) is 36.5 Å². The Bertz CT molecular complexity index is 588. The van der Waals surface area contributed by atoms with Crippen LogP contribution in [0.5, 0.6) is 11.6 Å². The van der Waals surface area contributed by atoms with Gasteiger partial charge in [-0.05, 0) is 43.2 Å². The average molecular weight is 279 g/mol. The van der Waals surface area contributed by atoms with E-state index in [2.05, 4.69) is 9.72 Å². The molecule has 0 N–H and O–H groups in total. The molecule has 0 aliphatic rings. The van der Waals surface area contributed by atoms with Crippen LogP contribution < -0.4 is 9.47 Å². The Morgan fingerprint density at radius 3 is 2.75 bits per heavy atom. The number of aryl methyl sites for hydroxylation is 1. The van der Waals surface area contributed by atoms with Crippen molar-refractivity contribution in [2.45, 2.75) is 20.5 Å². The molecule has 2 rings (SSSR count). The van der Waals surface area contributed by atoms with E-state index in [0.717, 1.165) is 16.7 Å². The summed E-state index contributed by atoms with van der Waals surface area (Å²) in [5, 5.41) is 0. The molecule has 0 spiro atoms. The van der Waals surface area contributed by atoms with Crippen LogP contribution in [0.25, 0.3) is 11.1 Å². The molecule has 1 heterocycles. The first-order chi connectivity index (χ1) is 9.60. The van der Waals surface area contributed by atoms with Gasteiger partial charge < -0.3 is 9.47 Å². The molecule has 0 fully saturated rings. The van der Waals surface area contributed by atoms with Gasteiger partial charge in [0.2, 0.25) is 5.88 Å². The lowest BCUT2D eigenvalue weighted by atomic mass is 10.1. The Kier molecular flexibility index (Phi) is 4.50. The fourth-order valence-corrected chi connectivity index (χ4v) is 1.86. The highest BCUT2D eigenvalue weighted by Crippen LogP contribution is 2.31. The highest BCUT2D eigenvalue weighted by atomic mass is 19.3. The van der Waals surface area contributed by atoms with Gasteiger partial charge in [-0.25, -0.2) is 4.98 Å². The Hall–Kier alpha value is -2.17. The van der Waals surface area contributed by atoms with E-state index >= 15 is 0 Å². The van der Waals surface area contributed by atoms with E-state index in [-0.39, 0.29) is 5.75 Å². The summed E-state index contributed by atoms with van der Waals surface area (Å²) in [4.78, 5) is 4.22. The number of ether oxygens (including phenoxy) is 2. The second-order valence-corrected chi connectivity index (χ2v) is 4.20. The number of benzene rings is 1. The molecule has 0 amide bonds. The van der Waals surface area contributed by atoms with Crippen LogP contribution in [0, 0.1) is 6.92 Å². The van der Waals surface area contributed by atoms with Crippen LogP contribution >= 0.6 is 0 Å². The summed E-state index contributed by atoms with van der Waals surface area (Å²) in [6.07, 6.45) is 1.70. The van der Waals surface area contributed by atoms with E-state index in [0.29, 0.717) is 12.5 Å². The van der Waals surface area contributed by atoms with Crippen molar-refractivity contribution in [2.24, 2.45) is 0 Å². The minimum Gasteiger partial charge on any atom is -0.478 e. The van der Waals surface area contributed by atoms with Crippen molar-refractivity contribution < 1.29 is 18.3 Å². The van der Waals surface area contributed by atoms with Gasteiger partial charge in [-0.15, -0.1) is 0 Å².